The lowest BCUT2D eigenvalue weighted by atomic mass is 9.93. The summed E-state index contributed by atoms with van der Waals surface area (Å²) in [5.74, 6) is -1.39. The largest absolute Gasteiger partial charge is 0.362 e. The van der Waals surface area contributed by atoms with Gasteiger partial charge < -0.3 is 0 Å². The third-order valence-corrected chi connectivity index (χ3v) is 3.83. The minimum atomic E-state index is -0.945. The minimum absolute atomic E-state index is 0.448. The summed E-state index contributed by atoms with van der Waals surface area (Å²) in [4.78, 5) is 11.2. The summed E-state index contributed by atoms with van der Waals surface area (Å²) in [6, 6.07) is 9.45. The first-order valence-electron chi connectivity index (χ1n) is 8.01. The Morgan fingerprint density at radius 3 is 2.00 bits per heavy atom. The lowest BCUT2D eigenvalue weighted by Crippen LogP contribution is -2.10. The lowest BCUT2D eigenvalue weighted by molar-refractivity contribution is -0.145. The zero-order valence-corrected chi connectivity index (χ0v) is 12.6. The molecule has 0 bridgehead atoms. The fourth-order valence-electron chi connectivity index (χ4n) is 2.59. The predicted octanol–water partition coefficient (Wildman–Crippen LogP) is 5.26. The Hall–Kier alpha value is -1.31. The summed E-state index contributed by atoms with van der Waals surface area (Å²) in [6.07, 6.45) is 10.6. The normalized spacial score (nSPS) is 12.2. The van der Waals surface area contributed by atoms with E-state index in [1.165, 1.54) is 38.5 Å². The summed E-state index contributed by atoms with van der Waals surface area (Å²) in [7, 11) is 0. The number of benzene rings is 1. The van der Waals surface area contributed by atoms with Gasteiger partial charge in [-0.1, -0.05) is 88.6 Å². The monoisotopic (exact) mass is 275 g/mol. The molecule has 0 spiro atoms. The Morgan fingerprint density at radius 2 is 1.45 bits per heavy atom. The van der Waals surface area contributed by atoms with Crippen molar-refractivity contribution in [2.45, 2.75) is 70.6 Å². The van der Waals surface area contributed by atoms with Gasteiger partial charge in [0.05, 0.1) is 5.92 Å². The van der Waals surface area contributed by atoms with Gasteiger partial charge in [-0.3, -0.25) is 0 Å². The molecule has 111 valence electrons. The second kappa shape index (κ2) is 10.5. The molecule has 1 unspecified atom stereocenters. The molecule has 0 aliphatic carbocycles. The van der Waals surface area contributed by atoms with Crippen molar-refractivity contribution < 1.29 is 9.90 Å². The molecular formula is C18H27O2. The summed E-state index contributed by atoms with van der Waals surface area (Å²) in [5.41, 5.74) is 0.871. The van der Waals surface area contributed by atoms with Gasteiger partial charge in [-0.2, -0.15) is 0 Å². The number of hydrogen-bond acceptors (Lipinski definition) is 1. The van der Waals surface area contributed by atoms with Crippen LogP contribution in [0, 0.1) is 0 Å². The highest BCUT2D eigenvalue weighted by Crippen LogP contribution is 2.23. The van der Waals surface area contributed by atoms with E-state index in [2.05, 4.69) is 6.92 Å². The molecule has 20 heavy (non-hydrogen) atoms. The molecule has 1 aromatic rings. The van der Waals surface area contributed by atoms with E-state index < -0.39 is 11.9 Å². The van der Waals surface area contributed by atoms with Gasteiger partial charge in [0, 0.05) is 0 Å². The summed E-state index contributed by atoms with van der Waals surface area (Å²) >= 11 is 0. The average molecular weight is 275 g/mol. The van der Waals surface area contributed by atoms with E-state index in [0.29, 0.717) is 6.42 Å². The van der Waals surface area contributed by atoms with Crippen LogP contribution in [0.4, 0.5) is 0 Å². The van der Waals surface area contributed by atoms with E-state index >= 15 is 0 Å². The van der Waals surface area contributed by atoms with Crippen molar-refractivity contribution in [1.29, 1.82) is 0 Å². The SMILES string of the molecule is CCCCCCCCCCC(C([O])=O)c1ccccc1. The summed E-state index contributed by atoms with van der Waals surface area (Å²) in [5, 5.41) is 11.2. The Kier molecular flexibility index (Phi) is 8.77. The molecule has 1 atom stereocenters. The zero-order chi connectivity index (χ0) is 14.6. The van der Waals surface area contributed by atoms with Crippen LogP contribution in [0.5, 0.6) is 0 Å². The van der Waals surface area contributed by atoms with Crippen molar-refractivity contribution in [3.8, 4) is 0 Å². The Morgan fingerprint density at radius 1 is 0.900 bits per heavy atom. The first-order chi connectivity index (χ1) is 9.75. The number of carbonyl (C=O) groups is 1. The summed E-state index contributed by atoms with van der Waals surface area (Å²) < 4.78 is 0. The van der Waals surface area contributed by atoms with Crippen molar-refractivity contribution in [2.24, 2.45) is 0 Å². The second-order valence-electron chi connectivity index (χ2n) is 5.55. The maximum Gasteiger partial charge on any atom is 0.362 e. The van der Waals surface area contributed by atoms with Gasteiger partial charge in [0.25, 0.3) is 0 Å². The maximum atomic E-state index is 11.2. The summed E-state index contributed by atoms with van der Waals surface area (Å²) in [6.45, 7) is 2.23. The number of hydrogen-bond donors (Lipinski definition) is 0. The Labute approximate surface area is 123 Å². The molecule has 0 aliphatic rings. The molecule has 0 heterocycles. The van der Waals surface area contributed by atoms with Crippen molar-refractivity contribution in [2.75, 3.05) is 0 Å². The highest BCUT2D eigenvalue weighted by atomic mass is 16.4. The molecule has 0 N–H and O–H groups in total. The molecule has 0 aromatic heterocycles. The topological polar surface area (TPSA) is 37.0 Å². The van der Waals surface area contributed by atoms with Gasteiger partial charge in [0.1, 0.15) is 0 Å². The molecule has 0 fully saturated rings. The van der Waals surface area contributed by atoms with E-state index in [-0.39, 0.29) is 0 Å². The van der Waals surface area contributed by atoms with Gasteiger partial charge in [0.2, 0.25) is 0 Å². The Bertz CT molecular complexity index is 359. The second-order valence-corrected chi connectivity index (χ2v) is 5.55. The van der Waals surface area contributed by atoms with Gasteiger partial charge in [0.15, 0.2) is 0 Å². The molecular weight excluding hydrogens is 248 g/mol. The van der Waals surface area contributed by atoms with Crippen LogP contribution in [0.15, 0.2) is 30.3 Å². The van der Waals surface area contributed by atoms with E-state index in [0.717, 1.165) is 18.4 Å². The fraction of sp³-hybridized carbons (Fsp3) is 0.611. The molecule has 1 radical (unpaired) electrons. The van der Waals surface area contributed by atoms with E-state index in [1.54, 1.807) is 0 Å². The third kappa shape index (κ3) is 6.74. The van der Waals surface area contributed by atoms with Crippen LogP contribution in [0.25, 0.3) is 0 Å². The first kappa shape index (κ1) is 16.7. The van der Waals surface area contributed by atoms with E-state index in [4.69, 9.17) is 0 Å². The standard InChI is InChI=1S/C18H27O2/c1-2-3-4-5-6-7-8-12-15-17(18(19)20)16-13-10-9-11-14-16/h9-11,13-14,17H,2-8,12,15H2,1H3. The average Bonchev–Trinajstić information content (AvgIpc) is 2.46. The molecule has 1 aromatic carbocycles. The minimum Gasteiger partial charge on any atom is -0.247 e. The van der Waals surface area contributed by atoms with E-state index in [9.17, 15) is 9.90 Å². The predicted molar refractivity (Wildman–Crippen MR) is 82.1 cm³/mol. The van der Waals surface area contributed by atoms with Crippen molar-refractivity contribution in [3.63, 3.8) is 0 Å². The van der Waals surface area contributed by atoms with Crippen molar-refractivity contribution >= 4 is 5.97 Å². The molecule has 0 saturated carbocycles. The Balaban J connectivity index is 2.19. The highest BCUT2D eigenvalue weighted by Gasteiger charge is 2.20. The first-order valence-corrected chi connectivity index (χ1v) is 8.01. The van der Waals surface area contributed by atoms with Crippen molar-refractivity contribution in [1.82, 2.24) is 0 Å². The molecule has 1 rings (SSSR count). The fourth-order valence-corrected chi connectivity index (χ4v) is 2.59. The quantitative estimate of drug-likeness (QED) is 0.508. The maximum absolute atomic E-state index is 11.2. The number of rotatable bonds is 11. The lowest BCUT2D eigenvalue weighted by Gasteiger charge is -2.11. The third-order valence-electron chi connectivity index (χ3n) is 3.83. The molecule has 2 nitrogen and oxygen atoms in total. The smallest absolute Gasteiger partial charge is 0.247 e. The number of unbranched alkanes of at least 4 members (excludes halogenated alkanes) is 7. The molecule has 0 aliphatic heterocycles. The number of carbonyl (C=O) groups excluding carboxylic acids is 1. The van der Waals surface area contributed by atoms with Crippen LogP contribution in [0.1, 0.15) is 76.2 Å². The molecule has 2 heteroatoms. The van der Waals surface area contributed by atoms with Crippen LogP contribution < -0.4 is 0 Å². The van der Waals surface area contributed by atoms with Gasteiger partial charge in [-0.25, -0.2) is 9.90 Å². The highest BCUT2D eigenvalue weighted by molar-refractivity contribution is 5.75. The van der Waals surface area contributed by atoms with E-state index in [1.807, 2.05) is 30.3 Å². The van der Waals surface area contributed by atoms with Crippen LogP contribution in [0.2, 0.25) is 0 Å². The van der Waals surface area contributed by atoms with Crippen LogP contribution in [-0.4, -0.2) is 5.97 Å². The zero-order valence-electron chi connectivity index (χ0n) is 12.6. The van der Waals surface area contributed by atoms with Gasteiger partial charge >= 0.3 is 5.97 Å². The van der Waals surface area contributed by atoms with Crippen LogP contribution >= 0.6 is 0 Å². The van der Waals surface area contributed by atoms with Crippen LogP contribution in [0.3, 0.4) is 0 Å². The van der Waals surface area contributed by atoms with Gasteiger partial charge in [-0.05, 0) is 12.0 Å². The van der Waals surface area contributed by atoms with Crippen molar-refractivity contribution in [3.05, 3.63) is 35.9 Å². The van der Waals surface area contributed by atoms with Crippen LogP contribution in [-0.2, 0) is 9.90 Å². The van der Waals surface area contributed by atoms with Gasteiger partial charge in [-0.15, -0.1) is 0 Å². The molecule has 0 amide bonds. The molecule has 0 saturated heterocycles.